The summed E-state index contributed by atoms with van der Waals surface area (Å²) in [6, 6.07) is 17.7. The second-order valence-electron chi connectivity index (χ2n) is 23.6. The van der Waals surface area contributed by atoms with Crippen molar-refractivity contribution in [3.8, 4) is 16.2 Å². The number of hydrogen-bond donors (Lipinski definition) is 5. The van der Waals surface area contributed by atoms with Crippen LogP contribution in [0.15, 0.2) is 84.8 Å². The highest BCUT2D eigenvalue weighted by molar-refractivity contribution is 7.13. The number of carbonyl (C=O) groups is 4. The smallest absolute Gasteiger partial charge is 0.276 e. The zero-order valence-electron chi connectivity index (χ0n) is 44.5. The molecule has 0 spiro atoms. The van der Waals surface area contributed by atoms with Gasteiger partial charge in [0.1, 0.15) is 29.8 Å². The molecule has 414 valence electrons. The largest absolute Gasteiger partial charge is 0.486 e. The number of nitrogens with one attached hydrogen (secondary N) is 4. The number of pyridine rings is 1. The molecule has 4 aromatic heterocycles. The van der Waals surface area contributed by atoms with Gasteiger partial charge in [-0.2, -0.15) is 10.2 Å². The van der Waals surface area contributed by atoms with Crippen LogP contribution in [0.25, 0.3) is 10.4 Å². The topological polar surface area (TPSA) is 216 Å². The molecule has 3 aliphatic heterocycles. The van der Waals surface area contributed by atoms with Crippen LogP contribution in [-0.2, 0) is 33.8 Å². The Morgan fingerprint density at radius 2 is 1.75 bits per heavy atom. The van der Waals surface area contributed by atoms with E-state index in [1.807, 2.05) is 54.1 Å². The summed E-state index contributed by atoms with van der Waals surface area (Å²) in [6.07, 6.45) is 4.49. The molecular weight excluding hydrogens is 1040 g/mol. The maximum atomic E-state index is 14.8. The fourth-order valence-electron chi connectivity index (χ4n) is 12.0. The molecule has 79 heavy (non-hydrogen) atoms. The van der Waals surface area contributed by atoms with E-state index in [4.69, 9.17) is 14.8 Å². The van der Waals surface area contributed by atoms with Crippen molar-refractivity contribution in [1.29, 1.82) is 0 Å². The van der Waals surface area contributed by atoms with E-state index in [9.17, 15) is 37.5 Å². The van der Waals surface area contributed by atoms with Crippen LogP contribution in [-0.4, -0.2) is 132 Å². The van der Waals surface area contributed by atoms with Gasteiger partial charge in [0.15, 0.2) is 11.4 Å². The molecule has 12 rings (SSSR count). The first-order valence-corrected chi connectivity index (χ1v) is 27.8. The minimum Gasteiger partial charge on any atom is -0.486 e. The molecule has 5 N–H and O–H groups in total. The molecule has 0 radical (unpaired) electrons. The van der Waals surface area contributed by atoms with E-state index in [0.717, 1.165) is 33.2 Å². The van der Waals surface area contributed by atoms with E-state index in [1.54, 1.807) is 51.8 Å². The predicted octanol–water partition coefficient (Wildman–Crippen LogP) is 6.66. The summed E-state index contributed by atoms with van der Waals surface area (Å²) < 4.78 is 52.6. The SMILES string of the molecule is Cc1ncsc1-c1ccc(CNC(=O)[C@@H]2C[C@@H](O)CN2C(=O)C(NC(=O)C2(F)CC2)C(C)(C)C)c(OC2CN(c3ccnc(N4CC(C(c5ccccc5)n5cc(NC(=O)c6n[nH]c7c6C[C@@H]6C(F)(F)[C@]6(C)C7)cn5)C4)c3)C2)c1. The highest BCUT2D eigenvalue weighted by Gasteiger charge is 2.78. The van der Waals surface area contributed by atoms with Crippen molar-refractivity contribution in [2.24, 2.45) is 22.7 Å². The number of fused-ring (bicyclic) bond motifs is 2. The average molecular weight is 1100 g/mol. The van der Waals surface area contributed by atoms with Crippen molar-refractivity contribution >= 4 is 52.2 Å². The zero-order chi connectivity index (χ0) is 55.3. The van der Waals surface area contributed by atoms with Crippen LogP contribution >= 0.6 is 11.3 Å². The third-order valence-corrected chi connectivity index (χ3v) is 18.1. The summed E-state index contributed by atoms with van der Waals surface area (Å²) in [6.45, 7) is 11.3. The van der Waals surface area contributed by atoms with Crippen LogP contribution in [0.5, 0.6) is 5.75 Å². The molecule has 2 saturated carbocycles. The number of ether oxygens (including phenoxy) is 1. The lowest BCUT2D eigenvalue weighted by molar-refractivity contribution is -0.145. The van der Waals surface area contributed by atoms with Crippen molar-refractivity contribution in [1.82, 2.24) is 45.5 Å². The van der Waals surface area contributed by atoms with Gasteiger partial charge in [-0.15, -0.1) is 11.3 Å². The Morgan fingerprint density at radius 1 is 0.975 bits per heavy atom. The number of anilines is 3. The number of hydrogen-bond acceptors (Lipinski definition) is 13. The number of thiazole rings is 1. The fraction of sp³-hybridized carbons (Fsp3) is 0.474. The Labute approximate surface area is 458 Å². The number of amides is 4. The number of rotatable bonds is 16. The van der Waals surface area contributed by atoms with Crippen LogP contribution in [0.3, 0.4) is 0 Å². The summed E-state index contributed by atoms with van der Waals surface area (Å²) >= 11 is 1.52. The number of β-amino-alcohol motifs (C(OH)–C–C–N with tert-alkyl or cyclic N) is 1. The van der Waals surface area contributed by atoms with Gasteiger partial charge in [0.2, 0.25) is 11.8 Å². The summed E-state index contributed by atoms with van der Waals surface area (Å²) in [7, 11) is 0. The Balaban J connectivity index is 0.687. The van der Waals surface area contributed by atoms with Gasteiger partial charge >= 0.3 is 0 Å². The van der Waals surface area contributed by atoms with Crippen LogP contribution in [0.2, 0.25) is 0 Å². The number of aryl methyl sites for hydroxylation is 1. The summed E-state index contributed by atoms with van der Waals surface area (Å²) in [5, 5.41) is 31.1. The molecule has 6 aliphatic rings. The van der Waals surface area contributed by atoms with Gasteiger partial charge in [-0.3, -0.25) is 29.0 Å². The number of alkyl halides is 3. The van der Waals surface area contributed by atoms with Crippen molar-refractivity contribution in [2.45, 2.75) is 115 Å². The molecule has 3 aliphatic carbocycles. The summed E-state index contributed by atoms with van der Waals surface area (Å²) in [5.41, 5.74) is 4.20. The number of halogens is 3. The first kappa shape index (κ1) is 52.4. The quantitative estimate of drug-likeness (QED) is 0.0688. The molecule has 7 heterocycles. The second kappa shape index (κ2) is 19.5. The number of likely N-dealkylation sites (tertiary alicyclic amines) is 1. The van der Waals surface area contributed by atoms with Gasteiger partial charge < -0.3 is 40.5 Å². The van der Waals surface area contributed by atoms with E-state index >= 15 is 0 Å². The van der Waals surface area contributed by atoms with Gasteiger partial charge in [0.05, 0.1) is 53.2 Å². The average Bonchev–Trinajstić information content (AvgIpc) is 3.76. The normalized spacial score (nSPS) is 23.6. The highest BCUT2D eigenvalue weighted by atomic mass is 32.1. The number of nitrogens with zero attached hydrogens (tertiary/aromatic N) is 8. The molecule has 6 atom stereocenters. The molecule has 3 saturated heterocycles. The van der Waals surface area contributed by atoms with Crippen molar-refractivity contribution < 1.29 is 42.2 Å². The molecule has 2 unspecified atom stereocenters. The van der Waals surface area contributed by atoms with Crippen LogP contribution in [0, 0.1) is 29.6 Å². The monoisotopic (exact) mass is 1100 g/mol. The van der Waals surface area contributed by atoms with E-state index < -0.39 is 70.2 Å². The Bertz CT molecular complexity index is 3350. The molecule has 5 fully saturated rings. The van der Waals surface area contributed by atoms with Gasteiger partial charge in [0.25, 0.3) is 17.7 Å². The maximum absolute atomic E-state index is 14.8. The first-order valence-electron chi connectivity index (χ1n) is 26.9. The minimum atomic E-state index is -2.77. The maximum Gasteiger partial charge on any atom is 0.276 e. The van der Waals surface area contributed by atoms with Crippen molar-refractivity contribution in [2.75, 3.05) is 47.8 Å². The lowest BCUT2D eigenvalue weighted by Crippen LogP contribution is -2.59. The molecular formula is C57H63F3N12O6S. The van der Waals surface area contributed by atoms with Gasteiger partial charge in [-0.25, -0.2) is 23.1 Å². The van der Waals surface area contributed by atoms with Crippen molar-refractivity contribution in [3.63, 3.8) is 0 Å². The predicted molar refractivity (Wildman–Crippen MR) is 289 cm³/mol. The molecule has 2 aromatic carbocycles. The van der Waals surface area contributed by atoms with Crippen molar-refractivity contribution in [3.05, 3.63) is 119 Å². The Kier molecular flexibility index (Phi) is 12.9. The molecule has 18 nitrogen and oxygen atoms in total. The number of H-pyrrole nitrogens is 1. The zero-order valence-corrected chi connectivity index (χ0v) is 45.3. The molecule has 22 heteroatoms. The summed E-state index contributed by atoms with van der Waals surface area (Å²) in [4.78, 5) is 70.3. The number of aliphatic hydroxyl groups is 1. The first-order chi connectivity index (χ1) is 37.7. The van der Waals surface area contributed by atoms with E-state index in [2.05, 4.69) is 59.1 Å². The number of aromatic nitrogens is 6. The van der Waals surface area contributed by atoms with Gasteiger partial charge in [0, 0.05) is 97.2 Å². The minimum absolute atomic E-state index is 0.00550. The lowest BCUT2D eigenvalue weighted by atomic mass is 9.85. The number of carbonyl (C=O) groups excluding carboxylic acids is 4. The lowest BCUT2D eigenvalue weighted by Gasteiger charge is -2.45. The van der Waals surface area contributed by atoms with Crippen LogP contribution in [0.1, 0.15) is 91.6 Å². The third kappa shape index (κ3) is 9.67. The van der Waals surface area contributed by atoms with E-state index in [-0.39, 0.29) is 69.0 Å². The van der Waals surface area contributed by atoms with E-state index in [1.165, 1.54) is 16.2 Å². The Hall–Kier alpha value is -7.33. The fourth-order valence-corrected chi connectivity index (χ4v) is 12.8. The molecule has 0 bridgehead atoms. The van der Waals surface area contributed by atoms with E-state index in [0.29, 0.717) is 54.4 Å². The Morgan fingerprint density at radius 3 is 2.47 bits per heavy atom. The number of benzene rings is 2. The van der Waals surface area contributed by atoms with Crippen LogP contribution in [0.4, 0.5) is 30.4 Å². The summed E-state index contributed by atoms with van der Waals surface area (Å²) in [5.74, 6) is -4.35. The highest BCUT2D eigenvalue weighted by Crippen LogP contribution is 2.70. The second-order valence-corrected chi connectivity index (χ2v) is 24.5. The third-order valence-electron chi connectivity index (χ3n) is 17.1. The van der Waals surface area contributed by atoms with Crippen LogP contribution < -0.4 is 30.5 Å². The molecule has 4 amide bonds. The standard InChI is InChI=1S/C57H63F3N12O6S/c1-31-48(79-30-63-31)33-11-12-34(22-62-50(74)42-19-38(73)27-71(42)52(76)49(54(2,3)4)66-53(77)56(58)14-15-56)43(17-33)78-39-28-69(29-39)37-13-16-61-45(18-37)70-24-35(25-70)47(32-9-7-6-8-10-32)72-26-36(23-64-72)65-51(75)46-40-20-44-55(5,57(44,59)60)21-41(40)67-68-46/h6-13,16-18,23,26,30,35,38-39,42,44,47,49,73H,14-15,19-22,24-25,27-29H2,1-5H3,(H,62,74)(H,65,75)(H,66,77)(H,67,68)/t38-,42+,44+,47?,49?,55-/m1/s1. The number of aliphatic hydroxyl groups excluding tert-OH is 1. The van der Waals surface area contributed by atoms with Gasteiger partial charge in [-0.05, 0) is 54.9 Å². The molecule has 6 aromatic rings. The number of aromatic amines is 1. The van der Waals surface area contributed by atoms with Gasteiger partial charge in [-0.1, -0.05) is 70.2 Å².